The van der Waals surface area contributed by atoms with E-state index in [0.29, 0.717) is 18.9 Å². The first-order chi connectivity index (χ1) is 9.19. The van der Waals surface area contributed by atoms with E-state index in [1.54, 1.807) is 11.3 Å². The summed E-state index contributed by atoms with van der Waals surface area (Å²) in [5, 5.41) is 3.02. The van der Waals surface area contributed by atoms with Crippen LogP contribution in [0.3, 0.4) is 0 Å². The summed E-state index contributed by atoms with van der Waals surface area (Å²) in [7, 11) is 0. The van der Waals surface area contributed by atoms with Crippen molar-refractivity contribution in [1.29, 1.82) is 0 Å². The van der Waals surface area contributed by atoms with Gasteiger partial charge in [0.25, 0.3) is 0 Å². The predicted octanol–water partition coefficient (Wildman–Crippen LogP) is 3.26. The number of rotatable bonds is 5. The number of carbonyl (C=O) groups excluding carboxylic acids is 1. The van der Waals surface area contributed by atoms with Gasteiger partial charge in [0.05, 0.1) is 6.54 Å². The van der Waals surface area contributed by atoms with E-state index in [9.17, 15) is 4.79 Å². The highest BCUT2D eigenvalue weighted by Crippen LogP contribution is 2.25. The summed E-state index contributed by atoms with van der Waals surface area (Å²) in [6.45, 7) is 2.81. The maximum absolute atomic E-state index is 11.9. The van der Waals surface area contributed by atoms with Gasteiger partial charge in [-0.05, 0) is 37.3 Å². The van der Waals surface area contributed by atoms with E-state index < -0.39 is 0 Å². The van der Waals surface area contributed by atoms with E-state index in [-0.39, 0.29) is 24.4 Å². The summed E-state index contributed by atoms with van der Waals surface area (Å²) in [5.41, 5.74) is 6.08. The van der Waals surface area contributed by atoms with Gasteiger partial charge in [0.2, 0.25) is 5.91 Å². The number of hydrogen-bond acceptors (Lipinski definition) is 3. The molecule has 1 amide bonds. The molecule has 1 saturated carbocycles. The van der Waals surface area contributed by atoms with E-state index in [1.807, 2.05) is 0 Å². The first kappa shape index (κ1) is 17.5. The number of nitrogens with one attached hydrogen (secondary N) is 1. The van der Waals surface area contributed by atoms with Crippen LogP contribution in [0.5, 0.6) is 0 Å². The lowest BCUT2D eigenvalue weighted by molar-refractivity contribution is -0.122. The van der Waals surface area contributed by atoms with Crippen molar-refractivity contribution in [2.45, 2.75) is 58.0 Å². The van der Waals surface area contributed by atoms with Crippen LogP contribution in [-0.4, -0.2) is 11.9 Å². The molecule has 114 valence electrons. The average Bonchev–Trinajstić information content (AvgIpc) is 2.87. The minimum absolute atomic E-state index is 0. The fraction of sp³-hybridized carbons (Fsp3) is 0.667. The minimum Gasteiger partial charge on any atom is -0.351 e. The van der Waals surface area contributed by atoms with Gasteiger partial charge in [-0.2, -0.15) is 0 Å². The molecular weight excluding hydrogens is 292 g/mol. The van der Waals surface area contributed by atoms with Crippen molar-refractivity contribution in [3.63, 3.8) is 0 Å². The molecule has 0 aromatic carbocycles. The molecule has 0 spiro atoms. The fourth-order valence-corrected chi connectivity index (χ4v) is 3.59. The van der Waals surface area contributed by atoms with Gasteiger partial charge < -0.3 is 11.1 Å². The Hall–Kier alpha value is -0.580. The van der Waals surface area contributed by atoms with E-state index in [4.69, 9.17) is 5.73 Å². The second-order valence-corrected chi connectivity index (χ2v) is 6.66. The number of hydrogen-bond donors (Lipinski definition) is 2. The normalized spacial score (nSPS) is 22.1. The van der Waals surface area contributed by atoms with E-state index >= 15 is 0 Å². The van der Waals surface area contributed by atoms with Crippen LogP contribution >= 0.6 is 23.7 Å². The molecule has 0 saturated heterocycles. The van der Waals surface area contributed by atoms with Crippen LogP contribution in [0, 0.1) is 5.92 Å². The third-order valence-corrected chi connectivity index (χ3v) is 5.17. The third-order valence-electron chi connectivity index (χ3n) is 3.94. The molecule has 0 bridgehead atoms. The van der Waals surface area contributed by atoms with Gasteiger partial charge >= 0.3 is 0 Å². The highest BCUT2D eigenvalue weighted by Gasteiger charge is 2.23. The number of halogens is 1. The van der Waals surface area contributed by atoms with E-state index in [2.05, 4.69) is 24.4 Å². The van der Waals surface area contributed by atoms with Crippen LogP contribution in [0.15, 0.2) is 12.1 Å². The summed E-state index contributed by atoms with van der Waals surface area (Å²) in [6, 6.07) is 4.47. The molecule has 3 nitrogen and oxygen atoms in total. The Bertz CT molecular complexity index is 422. The second-order valence-electron chi connectivity index (χ2n) is 5.41. The third kappa shape index (κ3) is 5.08. The molecule has 1 heterocycles. The molecule has 1 fully saturated rings. The number of amides is 1. The first-order valence-electron chi connectivity index (χ1n) is 7.29. The smallest absolute Gasteiger partial charge is 0.220 e. The van der Waals surface area contributed by atoms with Crippen molar-refractivity contribution in [2.24, 2.45) is 11.7 Å². The Labute approximate surface area is 131 Å². The van der Waals surface area contributed by atoms with Gasteiger partial charge in [-0.15, -0.1) is 23.7 Å². The highest BCUT2D eigenvalue weighted by atomic mass is 35.5. The van der Waals surface area contributed by atoms with Crippen LogP contribution in [0.2, 0.25) is 0 Å². The molecule has 0 aliphatic heterocycles. The summed E-state index contributed by atoms with van der Waals surface area (Å²) in [4.78, 5) is 14.6. The van der Waals surface area contributed by atoms with Crippen LogP contribution < -0.4 is 11.1 Å². The summed E-state index contributed by atoms with van der Waals surface area (Å²) in [5.74, 6) is 0.525. The molecule has 20 heavy (non-hydrogen) atoms. The fourth-order valence-electron chi connectivity index (χ4n) is 2.69. The SMILES string of the molecule is CCc1ccc(CNC(=O)CC2CCCCC2N)s1.Cl. The highest BCUT2D eigenvalue weighted by molar-refractivity contribution is 7.11. The summed E-state index contributed by atoms with van der Waals surface area (Å²) in [6.07, 6.45) is 6.27. The Kier molecular flexibility index (Phi) is 7.56. The lowest BCUT2D eigenvalue weighted by atomic mass is 9.83. The molecule has 2 unspecified atom stereocenters. The number of carbonyl (C=O) groups is 1. The molecule has 1 aliphatic carbocycles. The van der Waals surface area contributed by atoms with Gasteiger partial charge in [0.15, 0.2) is 0 Å². The van der Waals surface area contributed by atoms with Gasteiger partial charge in [0, 0.05) is 22.2 Å². The zero-order chi connectivity index (χ0) is 13.7. The lowest BCUT2D eigenvalue weighted by Gasteiger charge is -2.27. The monoisotopic (exact) mass is 316 g/mol. The zero-order valence-corrected chi connectivity index (χ0v) is 13.7. The minimum atomic E-state index is 0. The molecule has 0 radical (unpaired) electrons. The standard InChI is InChI=1S/C15H24N2OS.ClH/c1-2-12-7-8-13(19-12)10-17-15(18)9-11-5-3-4-6-14(11)16;/h7-8,11,14H,2-6,9-10,16H2,1H3,(H,17,18);1H. The van der Waals surface area contributed by atoms with Crippen molar-refractivity contribution in [3.05, 3.63) is 21.9 Å². The average molecular weight is 317 g/mol. The van der Waals surface area contributed by atoms with E-state index in [0.717, 1.165) is 19.3 Å². The number of nitrogens with two attached hydrogens (primary N) is 1. The maximum atomic E-state index is 11.9. The molecule has 1 aliphatic rings. The second kappa shape index (κ2) is 8.65. The quantitative estimate of drug-likeness (QED) is 0.876. The predicted molar refractivity (Wildman–Crippen MR) is 87.3 cm³/mol. The molecule has 2 rings (SSSR count). The van der Waals surface area contributed by atoms with Crippen molar-refractivity contribution < 1.29 is 4.79 Å². The Morgan fingerprint density at radius 3 is 2.70 bits per heavy atom. The van der Waals surface area contributed by atoms with Crippen LogP contribution in [0.25, 0.3) is 0 Å². The van der Waals surface area contributed by atoms with Crippen molar-refractivity contribution >= 4 is 29.7 Å². The first-order valence-corrected chi connectivity index (χ1v) is 8.10. The molecule has 3 N–H and O–H groups in total. The Morgan fingerprint density at radius 2 is 2.05 bits per heavy atom. The topological polar surface area (TPSA) is 55.1 Å². The summed E-state index contributed by atoms with van der Waals surface area (Å²) < 4.78 is 0. The maximum Gasteiger partial charge on any atom is 0.220 e. The number of thiophene rings is 1. The van der Waals surface area contributed by atoms with Crippen LogP contribution in [0.4, 0.5) is 0 Å². The Morgan fingerprint density at radius 1 is 1.35 bits per heavy atom. The Balaban J connectivity index is 0.00000200. The van der Waals surface area contributed by atoms with Gasteiger partial charge in [-0.3, -0.25) is 4.79 Å². The van der Waals surface area contributed by atoms with Crippen molar-refractivity contribution in [3.8, 4) is 0 Å². The zero-order valence-electron chi connectivity index (χ0n) is 12.1. The van der Waals surface area contributed by atoms with Gasteiger partial charge in [0.1, 0.15) is 0 Å². The summed E-state index contributed by atoms with van der Waals surface area (Å²) >= 11 is 1.78. The molecular formula is C15H25ClN2OS. The van der Waals surface area contributed by atoms with Crippen LogP contribution in [0.1, 0.15) is 48.8 Å². The largest absolute Gasteiger partial charge is 0.351 e. The van der Waals surface area contributed by atoms with Gasteiger partial charge in [-0.1, -0.05) is 19.8 Å². The molecule has 1 aromatic heterocycles. The van der Waals surface area contributed by atoms with Crippen LogP contribution in [-0.2, 0) is 17.8 Å². The van der Waals surface area contributed by atoms with E-state index in [1.165, 1.54) is 22.6 Å². The molecule has 2 atom stereocenters. The molecule has 5 heteroatoms. The number of aryl methyl sites for hydroxylation is 1. The van der Waals surface area contributed by atoms with Gasteiger partial charge in [-0.25, -0.2) is 0 Å². The van der Waals surface area contributed by atoms with Crippen molar-refractivity contribution in [2.75, 3.05) is 0 Å². The van der Waals surface area contributed by atoms with Crippen molar-refractivity contribution in [1.82, 2.24) is 5.32 Å². The lowest BCUT2D eigenvalue weighted by Crippen LogP contribution is -2.36. The molecule has 1 aromatic rings.